The average Bonchev–Trinajstić information content (AvgIpc) is 3.02. The lowest BCUT2D eigenvalue weighted by molar-refractivity contribution is -0.189. The fourth-order valence-corrected chi connectivity index (χ4v) is 6.45. The molecule has 0 N–H and O–H groups in total. The maximum Gasteiger partial charge on any atom is 0.432 e. The van der Waals surface area contributed by atoms with Crippen molar-refractivity contribution in [1.29, 1.82) is 0 Å². The van der Waals surface area contributed by atoms with Crippen molar-refractivity contribution in [1.82, 2.24) is 0 Å². The number of hydrogen-bond donors (Lipinski definition) is 0. The van der Waals surface area contributed by atoms with Gasteiger partial charge >= 0.3 is 6.11 Å². The van der Waals surface area contributed by atoms with Crippen LogP contribution in [0, 0.1) is 40.8 Å². The number of benzene rings is 4. The minimum absolute atomic E-state index is 0.0797. The Balaban J connectivity index is 1.31. The van der Waals surface area contributed by atoms with Crippen LogP contribution in [-0.2, 0) is 6.11 Å². The summed E-state index contributed by atoms with van der Waals surface area (Å²) in [5.74, 6) is -7.85. The van der Waals surface area contributed by atoms with Crippen molar-refractivity contribution in [2.75, 3.05) is 0 Å². The van der Waals surface area contributed by atoms with Crippen LogP contribution in [0.5, 0.6) is 5.75 Å². The molecule has 1 saturated carbocycles. The maximum atomic E-state index is 15.2. The van der Waals surface area contributed by atoms with Gasteiger partial charge in [-0.25, -0.2) is 30.7 Å². The molecule has 0 aliphatic heterocycles. The van der Waals surface area contributed by atoms with Gasteiger partial charge in [-0.3, -0.25) is 0 Å². The highest BCUT2D eigenvalue weighted by Gasteiger charge is 2.41. The van der Waals surface area contributed by atoms with Crippen LogP contribution in [0.25, 0.3) is 28.3 Å². The molecule has 254 valence electrons. The molecule has 0 unspecified atom stereocenters. The van der Waals surface area contributed by atoms with Crippen molar-refractivity contribution in [3.05, 3.63) is 119 Å². The van der Waals surface area contributed by atoms with E-state index in [4.69, 9.17) is 0 Å². The van der Waals surface area contributed by atoms with Gasteiger partial charge in [-0.15, -0.1) is 0 Å². The van der Waals surface area contributed by atoms with Crippen LogP contribution >= 0.6 is 0 Å². The molecule has 0 amide bonds. The third kappa shape index (κ3) is 7.74. The van der Waals surface area contributed by atoms with Gasteiger partial charge in [0.05, 0.1) is 6.33 Å². The highest BCUT2D eigenvalue weighted by molar-refractivity contribution is 5.68. The van der Waals surface area contributed by atoms with E-state index < -0.39 is 63.5 Å². The number of alkyl halides is 2. The molecule has 1 fully saturated rings. The summed E-state index contributed by atoms with van der Waals surface area (Å²) in [5, 5.41) is 0. The van der Waals surface area contributed by atoms with Crippen LogP contribution in [-0.4, -0.2) is 0 Å². The number of unbranched alkanes of at least 4 members (excludes halogenated alkanes) is 2. The summed E-state index contributed by atoms with van der Waals surface area (Å²) in [5.41, 5.74) is -2.90. The van der Waals surface area contributed by atoms with Gasteiger partial charge in [0.25, 0.3) is 0 Å². The van der Waals surface area contributed by atoms with Crippen LogP contribution in [0.2, 0.25) is 0 Å². The van der Waals surface area contributed by atoms with E-state index in [-0.39, 0.29) is 28.9 Å². The predicted molar refractivity (Wildman–Crippen MR) is 167 cm³/mol. The molecule has 48 heavy (non-hydrogen) atoms. The van der Waals surface area contributed by atoms with E-state index in [1.54, 1.807) is 6.07 Å². The standard InChI is InChI=1S/C38H33F9O/c1-2-3-4-5-22-6-8-23(9-7-22)24-10-12-28(31(40)16-24)26-19-35(44)37(36(45)20-26)38(46,47)48-27-11-13-29(34(43)21-27)25-17-32(41)30(14-15-39)33(42)18-25/h10-23H,2-9H2,1H3. The van der Waals surface area contributed by atoms with Gasteiger partial charge in [0.2, 0.25) is 0 Å². The van der Waals surface area contributed by atoms with Gasteiger partial charge in [0, 0.05) is 22.8 Å². The first-order chi connectivity index (χ1) is 22.9. The molecule has 10 heteroatoms. The van der Waals surface area contributed by atoms with Crippen molar-refractivity contribution in [3.63, 3.8) is 0 Å². The van der Waals surface area contributed by atoms with Crippen molar-refractivity contribution >= 4 is 6.08 Å². The molecule has 0 saturated heterocycles. The van der Waals surface area contributed by atoms with Crippen LogP contribution in [0.4, 0.5) is 39.5 Å². The monoisotopic (exact) mass is 676 g/mol. The molecular weight excluding hydrogens is 643 g/mol. The van der Waals surface area contributed by atoms with Gasteiger partial charge < -0.3 is 4.74 Å². The molecule has 0 bridgehead atoms. The lowest BCUT2D eigenvalue weighted by Gasteiger charge is -2.29. The molecule has 0 aromatic heterocycles. The van der Waals surface area contributed by atoms with Gasteiger partial charge in [-0.05, 0) is 103 Å². The number of halogens is 9. The molecular formula is C38H33F9O. The summed E-state index contributed by atoms with van der Waals surface area (Å²) in [6.07, 6.45) is 4.52. The zero-order chi connectivity index (χ0) is 34.6. The lowest BCUT2D eigenvalue weighted by atomic mass is 9.77. The molecule has 4 aromatic rings. The molecule has 0 atom stereocenters. The number of ether oxygens (including phenoxy) is 1. The zero-order valence-electron chi connectivity index (χ0n) is 26.0. The third-order valence-electron chi connectivity index (χ3n) is 8.98. The van der Waals surface area contributed by atoms with Gasteiger partial charge in [-0.2, -0.15) is 8.78 Å². The fraction of sp³-hybridized carbons (Fsp3) is 0.316. The molecule has 0 radical (unpaired) electrons. The van der Waals surface area contributed by atoms with Crippen LogP contribution in [0.1, 0.15) is 80.9 Å². The zero-order valence-corrected chi connectivity index (χ0v) is 26.0. The van der Waals surface area contributed by atoms with Crippen LogP contribution < -0.4 is 4.74 Å². The van der Waals surface area contributed by atoms with E-state index in [0.717, 1.165) is 55.5 Å². The van der Waals surface area contributed by atoms with Crippen LogP contribution in [0.15, 0.2) is 67.0 Å². The first kappa shape index (κ1) is 35.1. The fourth-order valence-electron chi connectivity index (χ4n) is 6.45. The second-order valence-electron chi connectivity index (χ2n) is 12.2. The summed E-state index contributed by atoms with van der Waals surface area (Å²) in [6.45, 7) is 2.17. The average molecular weight is 677 g/mol. The summed E-state index contributed by atoms with van der Waals surface area (Å²) in [4.78, 5) is 0. The Labute approximate surface area is 273 Å². The van der Waals surface area contributed by atoms with Crippen LogP contribution in [0.3, 0.4) is 0 Å². The van der Waals surface area contributed by atoms with E-state index in [1.165, 1.54) is 37.8 Å². The Hall–Kier alpha value is -4.21. The Morgan fingerprint density at radius 2 is 1.25 bits per heavy atom. The topological polar surface area (TPSA) is 9.23 Å². The molecule has 1 aliphatic rings. The van der Waals surface area contributed by atoms with E-state index in [1.807, 2.05) is 0 Å². The maximum absolute atomic E-state index is 15.2. The minimum atomic E-state index is -4.64. The van der Waals surface area contributed by atoms with Crippen molar-refractivity contribution in [2.24, 2.45) is 5.92 Å². The van der Waals surface area contributed by atoms with Gasteiger partial charge in [0.1, 0.15) is 46.2 Å². The Morgan fingerprint density at radius 3 is 1.79 bits per heavy atom. The number of hydrogen-bond acceptors (Lipinski definition) is 1. The Morgan fingerprint density at radius 1 is 0.688 bits per heavy atom. The number of rotatable bonds is 11. The third-order valence-corrected chi connectivity index (χ3v) is 8.98. The first-order valence-electron chi connectivity index (χ1n) is 15.8. The second kappa shape index (κ2) is 14.9. The van der Waals surface area contributed by atoms with E-state index >= 15 is 22.0 Å². The highest BCUT2D eigenvalue weighted by Crippen LogP contribution is 2.41. The molecule has 1 nitrogen and oxygen atoms in total. The molecule has 0 heterocycles. The van der Waals surface area contributed by atoms with Gasteiger partial charge in [-0.1, -0.05) is 44.7 Å². The summed E-state index contributed by atoms with van der Waals surface area (Å²) < 4.78 is 136. The first-order valence-corrected chi connectivity index (χ1v) is 15.8. The molecule has 4 aromatic carbocycles. The summed E-state index contributed by atoms with van der Waals surface area (Å²) in [7, 11) is 0. The van der Waals surface area contributed by atoms with Gasteiger partial charge in [0.15, 0.2) is 0 Å². The predicted octanol–water partition coefficient (Wildman–Crippen LogP) is 12.8. The van der Waals surface area contributed by atoms with Crippen molar-refractivity contribution in [3.8, 4) is 28.0 Å². The quantitative estimate of drug-likeness (QED) is 0.113. The minimum Gasteiger partial charge on any atom is -0.429 e. The normalized spacial score (nSPS) is 16.9. The van der Waals surface area contributed by atoms with E-state index in [9.17, 15) is 17.6 Å². The molecule has 1 aliphatic carbocycles. The second-order valence-corrected chi connectivity index (χ2v) is 12.2. The molecule has 0 spiro atoms. The Bertz CT molecular complexity index is 1750. The molecule has 5 rings (SSSR count). The SMILES string of the molecule is CCCCCC1CCC(c2ccc(-c3cc(F)c(C(F)(F)Oc4ccc(-c5cc(F)c(C=CF)c(F)c5)c(F)c4)c(F)c3)c(F)c2)CC1. The summed E-state index contributed by atoms with van der Waals surface area (Å²) >= 11 is 0. The van der Waals surface area contributed by atoms with E-state index in [0.29, 0.717) is 30.2 Å². The highest BCUT2D eigenvalue weighted by atomic mass is 19.3. The smallest absolute Gasteiger partial charge is 0.429 e. The lowest BCUT2D eigenvalue weighted by Crippen LogP contribution is -2.25. The van der Waals surface area contributed by atoms with Crippen molar-refractivity contribution < 1.29 is 44.3 Å². The van der Waals surface area contributed by atoms with Crippen molar-refractivity contribution in [2.45, 2.75) is 70.3 Å². The van der Waals surface area contributed by atoms with E-state index in [2.05, 4.69) is 11.7 Å². The largest absolute Gasteiger partial charge is 0.432 e. The Kier molecular flexibility index (Phi) is 10.9. The summed E-state index contributed by atoms with van der Waals surface area (Å²) in [6, 6.07) is 9.13.